The van der Waals surface area contributed by atoms with Crippen molar-refractivity contribution in [2.45, 2.75) is 38.4 Å². The van der Waals surface area contributed by atoms with Crippen molar-refractivity contribution in [1.29, 1.82) is 0 Å². The fraction of sp³-hybridized carbons (Fsp3) is 0.304. The predicted octanol–water partition coefficient (Wildman–Crippen LogP) is 1.23. The Morgan fingerprint density at radius 3 is 2.65 bits per heavy atom. The third-order valence-electron chi connectivity index (χ3n) is 6.27. The van der Waals surface area contributed by atoms with Crippen molar-refractivity contribution in [2.24, 2.45) is 0 Å². The van der Waals surface area contributed by atoms with Crippen LogP contribution in [0.15, 0.2) is 36.4 Å². The average molecular weight is 418 g/mol. The van der Waals surface area contributed by atoms with E-state index in [4.69, 9.17) is 5.73 Å². The summed E-state index contributed by atoms with van der Waals surface area (Å²) in [4.78, 5) is 53.2. The molecule has 1 fully saturated rings. The first-order valence-electron chi connectivity index (χ1n) is 10.4. The van der Waals surface area contributed by atoms with E-state index in [0.717, 1.165) is 29.1 Å². The van der Waals surface area contributed by atoms with Crippen LogP contribution in [-0.4, -0.2) is 46.0 Å². The Morgan fingerprint density at radius 2 is 1.84 bits per heavy atom. The molecule has 8 nitrogen and oxygen atoms in total. The van der Waals surface area contributed by atoms with Gasteiger partial charge in [-0.25, -0.2) is 0 Å². The minimum absolute atomic E-state index is 0.104. The van der Waals surface area contributed by atoms with Crippen LogP contribution in [0.25, 0.3) is 0 Å². The minimum atomic E-state index is -0.956. The van der Waals surface area contributed by atoms with Gasteiger partial charge in [-0.3, -0.25) is 34.3 Å². The third kappa shape index (κ3) is 3.29. The van der Waals surface area contributed by atoms with E-state index in [1.807, 2.05) is 18.2 Å². The highest BCUT2D eigenvalue weighted by molar-refractivity contribution is 6.24. The number of benzene rings is 2. The van der Waals surface area contributed by atoms with Gasteiger partial charge >= 0.3 is 0 Å². The first-order valence-corrected chi connectivity index (χ1v) is 10.4. The molecule has 5 rings (SSSR count). The monoisotopic (exact) mass is 418 g/mol. The first-order chi connectivity index (χ1) is 14.9. The molecule has 3 N–H and O–H groups in total. The van der Waals surface area contributed by atoms with Crippen LogP contribution < -0.4 is 11.1 Å². The summed E-state index contributed by atoms with van der Waals surface area (Å²) in [7, 11) is 0. The van der Waals surface area contributed by atoms with Gasteiger partial charge in [0, 0.05) is 31.7 Å². The van der Waals surface area contributed by atoms with Gasteiger partial charge in [0.05, 0.1) is 11.1 Å². The van der Waals surface area contributed by atoms with Gasteiger partial charge in [-0.2, -0.15) is 0 Å². The molecule has 3 heterocycles. The molecule has 3 aliphatic heterocycles. The van der Waals surface area contributed by atoms with Crippen molar-refractivity contribution in [3.05, 3.63) is 64.2 Å². The standard InChI is InChI=1S/C23H22N4O4/c24-16-5-4-13-8-9-26(12-15(13)10-16)11-14-2-1-3-17-20(14)23(31)27(22(17)30)18-6-7-19(28)25-21(18)29/h1-5,10,18H,6-9,11-12,24H2,(H,25,28,29). The van der Waals surface area contributed by atoms with Gasteiger partial charge in [0.2, 0.25) is 11.8 Å². The lowest BCUT2D eigenvalue weighted by Crippen LogP contribution is -2.54. The number of carbonyl (C=O) groups excluding carboxylic acids is 4. The number of hydrogen-bond acceptors (Lipinski definition) is 6. The molecule has 158 valence electrons. The molecule has 2 aromatic rings. The molecular formula is C23H22N4O4. The van der Waals surface area contributed by atoms with Crippen LogP contribution in [0.2, 0.25) is 0 Å². The van der Waals surface area contributed by atoms with E-state index in [-0.39, 0.29) is 18.7 Å². The number of hydrogen-bond donors (Lipinski definition) is 2. The van der Waals surface area contributed by atoms with Crippen LogP contribution >= 0.6 is 0 Å². The van der Waals surface area contributed by atoms with Crippen molar-refractivity contribution in [1.82, 2.24) is 15.1 Å². The molecule has 4 amide bonds. The normalized spacial score (nSPS) is 21.2. The Morgan fingerprint density at radius 1 is 1.00 bits per heavy atom. The molecule has 0 aromatic heterocycles. The van der Waals surface area contributed by atoms with Gasteiger partial charge in [-0.1, -0.05) is 18.2 Å². The molecular weight excluding hydrogens is 396 g/mol. The molecule has 2 aromatic carbocycles. The first kappa shape index (κ1) is 19.4. The molecule has 1 atom stereocenters. The number of nitrogens with one attached hydrogen (secondary N) is 1. The second-order valence-corrected chi connectivity index (χ2v) is 8.28. The molecule has 0 radical (unpaired) electrons. The van der Waals surface area contributed by atoms with Gasteiger partial charge in [0.15, 0.2) is 0 Å². The number of anilines is 1. The van der Waals surface area contributed by atoms with Crippen molar-refractivity contribution in [2.75, 3.05) is 12.3 Å². The third-order valence-corrected chi connectivity index (χ3v) is 6.27. The number of imide groups is 2. The second-order valence-electron chi connectivity index (χ2n) is 8.28. The fourth-order valence-electron chi connectivity index (χ4n) is 4.73. The summed E-state index contributed by atoms with van der Waals surface area (Å²) < 4.78 is 0. The largest absolute Gasteiger partial charge is 0.399 e. The van der Waals surface area contributed by atoms with Gasteiger partial charge in [-0.05, 0) is 47.7 Å². The maximum atomic E-state index is 13.2. The lowest BCUT2D eigenvalue weighted by molar-refractivity contribution is -0.136. The van der Waals surface area contributed by atoms with Gasteiger partial charge in [0.25, 0.3) is 11.8 Å². The number of nitrogens with zero attached hydrogens (tertiary/aromatic N) is 2. The van der Waals surface area contributed by atoms with E-state index in [0.29, 0.717) is 24.2 Å². The zero-order chi connectivity index (χ0) is 21.7. The van der Waals surface area contributed by atoms with Crippen molar-refractivity contribution in [3.8, 4) is 0 Å². The number of rotatable bonds is 3. The van der Waals surface area contributed by atoms with E-state index < -0.39 is 23.8 Å². The number of fused-ring (bicyclic) bond motifs is 2. The molecule has 8 heteroatoms. The molecule has 0 aliphatic carbocycles. The Labute approximate surface area is 179 Å². The minimum Gasteiger partial charge on any atom is -0.399 e. The predicted molar refractivity (Wildman–Crippen MR) is 112 cm³/mol. The Kier molecular flexibility index (Phi) is 4.59. The van der Waals surface area contributed by atoms with Gasteiger partial charge in [0.1, 0.15) is 6.04 Å². The van der Waals surface area contributed by atoms with E-state index in [1.54, 1.807) is 12.1 Å². The zero-order valence-electron chi connectivity index (χ0n) is 16.9. The Balaban J connectivity index is 1.41. The van der Waals surface area contributed by atoms with Crippen LogP contribution in [0.1, 0.15) is 50.2 Å². The highest BCUT2D eigenvalue weighted by Gasteiger charge is 2.45. The molecule has 3 aliphatic rings. The van der Waals surface area contributed by atoms with Crippen LogP contribution in [0, 0.1) is 0 Å². The van der Waals surface area contributed by atoms with E-state index in [2.05, 4.69) is 16.3 Å². The van der Waals surface area contributed by atoms with Gasteiger partial charge < -0.3 is 5.73 Å². The summed E-state index contributed by atoms with van der Waals surface area (Å²) in [6.07, 6.45) is 1.14. The summed E-state index contributed by atoms with van der Waals surface area (Å²) >= 11 is 0. The zero-order valence-corrected chi connectivity index (χ0v) is 16.9. The topological polar surface area (TPSA) is 113 Å². The highest BCUT2D eigenvalue weighted by Crippen LogP contribution is 2.31. The quantitative estimate of drug-likeness (QED) is 0.573. The number of amides is 4. The SMILES string of the molecule is Nc1ccc2c(c1)CN(Cc1cccc3c1C(=O)N(C1CCC(=O)NC1=O)C3=O)CC2. The number of carbonyl (C=O) groups is 4. The average Bonchev–Trinajstić information content (AvgIpc) is 2.99. The number of piperidine rings is 1. The molecule has 0 spiro atoms. The maximum absolute atomic E-state index is 13.2. The Bertz CT molecular complexity index is 1140. The fourth-order valence-corrected chi connectivity index (χ4v) is 4.73. The molecule has 0 saturated carbocycles. The summed E-state index contributed by atoms with van der Waals surface area (Å²) in [5.74, 6) is -1.93. The Hall–Kier alpha value is -3.52. The van der Waals surface area contributed by atoms with Crippen LogP contribution in [0.5, 0.6) is 0 Å². The van der Waals surface area contributed by atoms with E-state index >= 15 is 0 Å². The lowest BCUT2D eigenvalue weighted by atomic mass is 9.97. The summed E-state index contributed by atoms with van der Waals surface area (Å²) in [6.45, 7) is 2.06. The number of nitrogen functional groups attached to an aromatic ring is 1. The van der Waals surface area contributed by atoms with Crippen molar-refractivity contribution >= 4 is 29.3 Å². The maximum Gasteiger partial charge on any atom is 0.262 e. The summed E-state index contributed by atoms with van der Waals surface area (Å²) in [5.41, 5.74) is 10.5. The molecule has 1 saturated heterocycles. The summed E-state index contributed by atoms with van der Waals surface area (Å²) in [5, 5.41) is 2.23. The lowest BCUT2D eigenvalue weighted by Gasteiger charge is -2.29. The molecule has 31 heavy (non-hydrogen) atoms. The molecule has 1 unspecified atom stereocenters. The van der Waals surface area contributed by atoms with Crippen LogP contribution in [0.3, 0.4) is 0 Å². The smallest absolute Gasteiger partial charge is 0.262 e. The second kappa shape index (κ2) is 7.31. The van der Waals surface area contributed by atoms with Gasteiger partial charge in [-0.15, -0.1) is 0 Å². The van der Waals surface area contributed by atoms with Crippen LogP contribution in [-0.2, 0) is 29.1 Å². The van der Waals surface area contributed by atoms with E-state index in [1.165, 1.54) is 11.1 Å². The van der Waals surface area contributed by atoms with Crippen molar-refractivity contribution in [3.63, 3.8) is 0 Å². The number of nitrogens with two attached hydrogens (primary N) is 1. The van der Waals surface area contributed by atoms with E-state index in [9.17, 15) is 19.2 Å². The summed E-state index contributed by atoms with van der Waals surface area (Å²) in [6, 6.07) is 10.2. The highest BCUT2D eigenvalue weighted by atomic mass is 16.2. The van der Waals surface area contributed by atoms with Crippen LogP contribution in [0.4, 0.5) is 5.69 Å². The molecule has 0 bridgehead atoms. The van der Waals surface area contributed by atoms with Crippen molar-refractivity contribution < 1.29 is 19.2 Å².